The molecule has 0 radical (unpaired) electrons. The molecule has 0 bridgehead atoms. The highest BCUT2D eigenvalue weighted by Gasteiger charge is 2.54. The van der Waals surface area contributed by atoms with Crippen LogP contribution in [0.1, 0.15) is 56.9 Å². The van der Waals surface area contributed by atoms with Crippen molar-refractivity contribution in [2.75, 3.05) is 37.7 Å². The molecule has 2 saturated heterocycles. The number of hydrogen-bond donors (Lipinski definition) is 2. The predicted octanol–water partition coefficient (Wildman–Crippen LogP) is 2.23. The van der Waals surface area contributed by atoms with Crippen LogP contribution in [-0.4, -0.2) is 67.3 Å². The summed E-state index contributed by atoms with van der Waals surface area (Å²) in [6, 6.07) is 8.07. The fourth-order valence-electron chi connectivity index (χ4n) is 5.53. The summed E-state index contributed by atoms with van der Waals surface area (Å²) in [7, 11) is -3.92. The Hall–Kier alpha value is -2.01. The van der Waals surface area contributed by atoms with Gasteiger partial charge in [-0.2, -0.15) is 0 Å². The minimum Gasteiger partial charge on any atom is -0.381 e. The monoisotopic (exact) mass is 493 g/mol. The van der Waals surface area contributed by atoms with Gasteiger partial charge in [0.15, 0.2) is 4.75 Å². The molecule has 2 fully saturated rings. The van der Waals surface area contributed by atoms with Crippen molar-refractivity contribution < 1.29 is 28.0 Å². The summed E-state index contributed by atoms with van der Waals surface area (Å²) in [5.74, 6) is -0.288. The summed E-state index contributed by atoms with van der Waals surface area (Å²) in [5.41, 5.74) is 3.84. The predicted molar refractivity (Wildman–Crippen MR) is 127 cm³/mol. The zero-order valence-electron chi connectivity index (χ0n) is 19.6. The average Bonchev–Trinajstić information content (AvgIpc) is 3.31. The van der Waals surface area contributed by atoms with Crippen LogP contribution in [0, 0.1) is 5.92 Å². The van der Waals surface area contributed by atoms with E-state index in [4.69, 9.17) is 4.74 Å². The van der Waals surface area contributed by atoms with E-state index >= 15 is 0 Å². The molecule has 2 amide bonds. The SMILES string of the molecule is O=C(CCCCC1CCN(S(=O)(=O)C2(C(=O)NO)CCOCC2)CC1)N1CCc2ccccc21. The van der Waals surface area contributed by atoms with Crippen LogP contribution in [0.15, 0.2) is 24.3 Å². The molecule has 188 valence electrons. The van der Waals surface area contributed by atoms with Crippen molar-refractivity contribution in [2.24, 2.45) is 5.92 Å². The molecule has 1 aromatic carbocycles. The number of unbranched alkanes of at least 4 members (excludes halogenated alkanes) is 1. The van der Waals surface area contributed by atoms with Gasteiger partial charge in [-0.3, -0.25) is 14.8 Å². The van der Waals surface area contributed by atoms with E-state index in [1.54, 1.807) is 5.48 Å². The molecule has 3 heterocycles. The van der Waals surface area contributed by atoms with Gasteiger partial charge in [-0.25, -0.2) is 18.2 Å². The fourth-order valence-corrected chi connectivity index (χ4v) is 7.68. The molecule has 2 N–H and O–H groups in total. The average molecular weight is 494 g/mol. The molecule has 0 spiro atoms. The molecular weight excluding hydrogens is 458 g/mol. The Kier molecular flexibility index (Phi) is 7.91. The van der Waals surface area contributed by atoms with Crippen molar-refractivity contribution in [1.29, 1.82) is 0 Å². The maximum absolute atomic E-state index is 13.4. The molecule has 0 atom stereocenters. The molecule has 0 saturated carbocycles. The van der Waals surface area contributed by atoms with Gasteiger partial charge in [-0.05, 0) is 43.2 Å². The van der Waals surface area contributed by atoms with Crippen molar-refractivity contribution in [3.63, 3.8) is 0 Å². The zero-order chi connectivity index (χ0) is 24.2. The second-order valence-electron chi connectivity index (χ2n) is 9.56. The summed E-state index contributed by atoms with van der Waals surface area (Å²) in [6.07, 6.45) is 5.73. The highest BCUT2D eigenvalue weighted by molar-refractivity contribution is 7.91. The van der Waals surface area contributed by atoms with Crippen LogP contribution in [0.25, 0.3) is 0 Å². The maximum atomic E-state index is 13.4. The van der Waals surface area contributed by atoms with Crippen LogP contribution in [0.5, 0.6) is 0 Å². The zero-order valence-corrected chi connectivity index (χ0v) is 20.4. The topological polar surface area (TPSA) is 116 Å². The molecule has 10 heteroatoms. The standard InChI is InChI=1S/C24H35N3O6S/c28-22(27-16-11-20-6-2-3-7-21(20)27)8-4-1-5-19-9-14-26(15-10-19)34(31,32)24(23(29)25-30)12-17-33-18-13-24/h2-3,6-7,19,30H,1,4-5,8-18H2,(H,25,29). The number of carbonyl (C=O) groups excluding carboxylic acids is 2. The van der Waals surface area contributed by atoms with Gasteiger partial charge in [0.25, 0.3) is 5.91 Å². The molecule has 3 aliphatic heterocycles. The number of ether oxygens (including phenoxy) is 1. The molecule has 4 rings (SSSR count). The fraction of sp³-hybridized carbons (Fsp3) is 0.667. The van der Waals surface area contributed by atoms with E-state index in [2.05, 4.69) is 6.07 Å². The molecule has 34 heavy (non-hydrogen) atoms. The lowest BCUT2D eigenvalue weighted by Crippen LogP contribution is -2.60. The Bertz CT molecular complexity index is 984. The molecule has 1 aromatic rings. The minimum absolute atomic E-state index is 0.0389. The third kappa shape index (κ3) is 4.86. The quantitative estimate of drug-likeness (QED) is 0.326. The first-order chi connectivity index (χ1) is 16.4. The number of para-hydroxylation sites is 1. The number of benzene rings is 1. The first kappa shape index (κ1) is 25.1. The number of amides is 2. The Morgan fingerprint density at radius 3 is 2.50 bits per heavy atom. The number of rotatable bonds is 8. The third-order valence-corrected chi connectivity index (χ3v) is 10.3. The second-order valence-corrected chi connectivity index (χ2v) is 11.8. The Balaban J connectivity index is 1.23. The van der Waals surface area contributed by atoms with Gasteiger partial charge in [-0.15, -0.1) is 0 Å². The number of piperidine rings is 1. The molecule has 0 unspecified atom stereocenters. The first-order valence-electron chi connectivity index (χ1n) is 12.3. The highest BCUT2D eigenvalue weighted by Crippen LogP contribution is 2.36. The van der Waals surface area contributed by atoms with Gasteiger partial charge in [-0.1, -0.05) is 31.0 Å². The summed E-state index contributed by atoms with van der Waals surface area (Å²) in [5, 5.41) is 9.18. The van der Waals surface area contributed by atoms with Gasteiger partial charge in [0, 0.05) is 57.8 Å². The van der Waals surface area contributed by atoms with Crippen LogP contribution in [-0.2, 0) is 30.8 Å². The van der Waals surface area contributed by atoms with Crippen molar-refractivity contribution in [3.05, 3.63) is 29.8 Å². The van der Waals surface area contributed by atoms with Crippen LogP contribution in [0.3, 0.4) is 0 Å². The Morgan fingerprint density at radius 1 is 1.09 bits per heavy atom. The normalized spacial score (nSPS) is 21.3. The maximum Gasteiger partial charge on any atom is 0.266 e. The third-order valence-electron chi connectivity index (χ3n) is 7.66. The summed E-state index contributed by atoms with van der Waals surface area (Å²) in [4.78, 5) is 26.9. The Morgan fingerprint density at radius 2 is 1.79 bits per heavy atom. The van der Waals surface area contributed by atoms with E-state index < -0.39 is 20.7 Å². The number of fused-ring (bicyclic) bond motifs is 1. The van der Waals surface area contributed by atoms with Crippen molar-refractivity contribution in [1.82, 2.24) is 9.79 Å². The molecule has 0 aliphatic carbocycles. The number of anilines is 1. The lowest BCUT2D eigenvalue weighted by Gasteiger charge is -2.40. The first-order valence-corrected chi connectivity index (χ1v) is 13.7. The summed E-state index contributed by atoms with van der Waals surface area (Å²) in [6.45, 7) is 1.85. The molecular formula is C24H35N3O6S. The van der Waals surface area contributed by atoms with Crippen LogP contribution in [0.4, 0.5) is 5.69 Å². The van der Waals surface area contributed by atoms with Crippen LogP contribution in [0.2, 0.25) is 0 Å². The van der Waals surface area contributed by atoms with Gasteiger partial charge in [0.05, 0.1) is 0 Å². The largest absolute Gasteiger partial charge is 0.381 e. The number of hydroxylamine groups is 1. The van der Waals surface area contributed by atoms with Gasteiger partial charge >= 0.3 is 0 Å². The summed E-state index contributed by atoms with van der Waals surface area (Å²) >= 11 is 0. The van der Waals surface area contributed by atoms with Gasteiger partial charge in [0.1, 0.15) is 0 Å². The van der Waals surface area contributed by atoms with E-state index in [9.17, 15) is 23.2 Å². The van der Waals surface area contributed by atoms with E-state index in [1.165, 1.54) is 9.87 Å². The van der Waals surface area contributed by atoms with Crippen LogP contribution < -0.4 is 10.4 Å². The Labute approximate surface area is 201 Å². The van der Waals surface area contributed by atoms with E-state index in [-0.39, 0.29) is 32.0 Å². The highest BCUT2D eigenvalue weighted by atomic mass is 32.2. The number of nitrogens with zero attached hydrogens (tertiary/aromatic N) is 2. The van der Waals surface area contributed by atoms with Crippen molar-refractivity contribution >= 4 is 27.5 Å². The lowest BCUT2D eigenvalue weighted by atomic mass is 9.92. The number of carbonyl (C=O) groups is 2. The van der Waals surface area contributed by atoms with Gasteiger partial charge < -0.3 is 9.64 Å². The minimum atomic E-state index is -3.92. The smallest absolute Gasteiger partial charge is 0.266 e. The van der Waals surface area contributed by atoms with Crippen molar-refractivity contribution in [2.45, 2.75) is 62.5 Å². The number of nitrogens with one attached hydrogen (secondary N) is 1. The van der Waals surface area contributed by atoms with Crippen molar-refractivity contribution in [3.8, 4) is 0 Å². The lowest BCUT2D eigenvalue weighted by molar-refractivity contribution is -0.134. The van der Waals surface area contributed by atoms with Crippen LogP contribution >= 0.6 is 0 Å². The van der Waals surface area contributed by atoms with E-state index in [1.807, 2.05) is 23.1 Å². The summed E-state index contributed by atoms with van der Waals surface area (Å²) < 4.78 is 31.8. The molecule has 0 aromatic heterocycles. The number of hydrogen-bond acceptors (Lipinski definition) is 6. The van der Waals surface area contributed by atoms with E-state index in [0.29, 0.717) is 25.4 Å². The molecule has 3 aliphatic rings. The van der Waals surface area contributed by atoms with Gasteiger partial charge in [0.2, 0.25) is 15.9 Å². The number of sulfonamides is 1. The van der Waals surface area contributed by atoms with E-state index in [0.717, 1.165) is 50.8 Å². The molecule has 9 nitrogen and oxygen atoms in total. The second kappa shape index (κ2) is 10.7.